The molecule has 4 nitrogen and oxygen atoms in total. The first-order chi connectivity index (χ1) is 11.6. The Balaban J connectivity index is 0.00000312. The molecule has 0 radical (unpaired) electrons. The van der Waals surface area contributed by atoms with E-state index in [1.165, 1.54) is 5.56 Å². The number of alkyl halides is 1. The maximum absolute atomic E-state index is 12.1. The van der Waals surface area contributed by atoms with Crippen LogP contribution in [-0.4, -0.2) is 23.7 Å². The average Bonchev–Trinajstić information content (AvgIpc) is 2.57. The average molecular weight is 381 g/mol. The number of hydrogen-bond donors (Lipinski definition) is 2. The summed E-state index contributed by atoms with van der Waals surface area (Å²) in [5.41, 5.74) is 2.76. The van der Waals surface area contributed by atoms with Crippen LogP contribution in [0.1, 0.15) is 18.1 Å². The maximum atomic E-state index is 12.1. The molecule has 0 bridgehead atoms. The van der Waals surface area contributed by atoms with Gasteiger partial charge in [-0.05, 0) is 36.6 Å². The molecule has 0 aliphatic carbocycles. The highest BCUT2D eigenvalue weighted by atomic mass is 35.5. The molecule has 1 unspecified atom stereocenters. The lowest BCUT2D eigenvalue weighted by molar-refractivity contribution is -0.121. The van der Waals surface area contributed by atoms with Crippen molar-refractivity contribution >= 4 is 41.5 Å². The van der Waals surface area contributed by atoms with Gasteiger partial charge in [-0.15, -0.1) is 24.0 Å². The van der Waals surface area contributed by atoms with Crippen molar-refractivity contribution in [2.24, 2.45) is 0 Å². The highest BCUT2D eigenvalue weighted by Crippen LogP contribution is 2.10. The van der Waals surface area contributed by atoms with Gasteiger partial charge in [0.1, 0.15) is 5.88 Å². The Kier molecular flexibility index (Phi) is 9.03. The van der Waals surface area contributed by atoms with Gasteiger partial charge in [-0.2, -0.15) is 0 Å². The molecule has 2 amide bonds. The number of rotatable bonds is 7. The van der Waals surface area contributed by atoms with Crippen molar-refractivity contribution in [2.75, 3.05) is 11.2 Å². The minimum absolute atomic E-state index is 0. The van der Waals surface area contributed by atoms with E-state index in [1.54, 1.807) is 12.1 Å². The number of carbonyl (C=O) groups excluding carboxylic acids is 2. The molecule has 134 valence electrons. The van der Waals surface area contributed by atoms with Gasteiger partial charge < -0.3 is 10.6 Å². The van der Waals surface area contributed by atoms with Crippen molar-refractivity contribution in [2.45, 2.75) is 25.8 Å². The summed E-state index contributed by atoms with van der Waals surface area (Å²) >= 11 is 5.44. The van der Waals surface area contributed by atoms with Crippen LogP contribution < -0.4 is 10.6 Å². The molecule has 0 fully saturated rings. The lowest BCUT2D eigenvalue weighted by atomic mass is 10.1. The Hall–Kier alpha value is -2.04. The topological polar surface area (TPSA) is 58.2 Å². The molecule has 1 atom stereocenters. The summed E-state index contributed by atoms with van der Waals surface area (Å²) in [5.74, 6) is -0.350. The van der Waals surface area contributed by atoms with Crippen LogP contribution in [0.2, 0.25) is 0 Å². The first kappa shape index (κ1) is 21.0. The van der Waals surface area contributed by atoms with E-state index in [0.29, 0.717) is 12.1 Å². The van der Waals surface area contributed by atoms with Gasteiger partial charge in [0.05, 0.1) is 6.42 Å². The molecule has 6 heteroatoms. The van der Waals surface area contributed by atoms with E-state index < -0.39 is 0 Å². The normalized spacial score (nSPS) is 11.1. The molecule has 2 aromatic carbocycles. The van der Waals surface area contributed by atoms with E-state index in [4.69, 9.17) is 11.6 Å². The van der Waals surface area contributed by atoms with Crippen LogP contribution in [0.4, 0.5) is 5.69 Å². The second-order valence-electron chi connectivity index (χ2n) is 5.71. The Bertz CT molecular complexity index is 676. The van der Waals surface area contributed by atoms with Gasteiger partial charge in [-0.1, -0.05) is 42.5 Å². The van der Waals surface area contributed by atoms with Gasteiger partial charge in [0.25, 0.3) is 0 Å². The van der Waals surface area contributed by atoms with Gasteiger partial charge in [-0.25, -0.2) is 0 Å². The molecule has 0 saturated heterocycles. The molecule has 25 heavy (non-hydrogen) atoms. The van der Waals surface area contributed by atoms with E-state index in [2.05, 4.69) is 22.8 Å². The van der Waals surface area contributed by atoms with Crippen molar-refractivity contribution < 1.29 is 9.59 Å². The third-order valence-electron chi connectivity index (χ3n) is 3.52. The predicted molar refractivity (Wildman–Crippen MR) is 104 cm³/mol. The smallest absolute Gasteiger partial charge is 0.239 e. The minimum atomic E-state index is -0.253. The maximum Gasteiger partial charge on any atom is 0.239 e. The second-order valence-corrected chi connectivity index (χ2v) is 5.98. The summed E-state index contributed by atoms with van der Waals surface area (Å²) in [6, 6.07) is 17.3. The number of nitrogens with one attached hydrogen (secondary N) is 2. The van der Waals surface area contributed by atoms with Gasteiger partial charge >= 0.3 is 0 Å². The highest BCUT2D eigenvalue weighted by Gasteiger charge is 2.09. The standard InChI is InChI=1S/C19H21ClN2O2.ClH/c1-14(11-15-5-3-2-4-6-15)21-18(23)12-16-7-9-17(10-8-16)22-19(24)13-20;/h2-10,14H,11-13H2,1H3,(H,21,23)(H,22,24);1H. The van der Waals surface area contributed by atoms with Crippen LogP contribution in [0.3, 0.4) is 0 Å². The van der Waals surface area contributed by atoms with Crippen LogP contribution in [0, 0.1) is 0 Å². The SMILES string of the molecule is CC(Cc1ccccc1)NC(=O)Cc1ccc(NC(=O)CCl)cc1.Cl. The largest absolute Gasteiger partial charge is 0.353 e. The summed E-state index contributed by atoms with van der Waals surface area (Å²) < 4.78 is 0. The molecule has 0 heterocycles. The van der Waals surface area contributed by atoms with E-state index >= 15 is 0 Å². The predicted octanol–water partition coefficient (Wildman–Crippen LogP) is 3.58. The lowest BCUT2D eigenvalue weighted by Gasteiger charge is -2.14. The molecule has 2 N–H and O–H groups in total. The molecule has 2 rings (SSSR count). The van der Waals surface area contributed by atoms with Gasteiger partial charge in [0.15, 0.2) is 0 Å². The Morgan fingerprint density at radius 1 is 0.960 bits per heavy atom. The Morgan fingerprint density at radius 2 is 1.60 bits per heavy atom. The van der Waals surface area contributed by atoms with Gasteiger partial charge in [0.2, 0.25) is 11.8 Å². The van der Waals surface area contributed by atoms with Crippen molar-refractivity contribution in [1.29, 1.82) is 0 Å². The van der Waals surface area contributed by atoms with E-state index in [0.717, 1.165) is 12.0 Å². The summed E-state index contributed by atoms with van der Waals surface area (Å²) in [4.78, 5) is 23.3. The molecule has 0 spiro atoms. The summed E-state index contributed by atoms with van der Waals surface area (Å²) in [5, 5.41) is 5.67. The second kappa shape index (κ2) is 10.7. The zero-order valence-corrected chi connectivity index (χ0v) is 15.6. The molecule has 2 aromatic rings. The van der Waals surface area contributed by atoms with E-state index in [9.17, 15) is 9.59 Å². The number of amides is 2. The van der Waals surface area contributed by atoms with Crippen molar-refractivity contribution in [3.8, 4) is 0 Å². The number of hydrogen-bond acceptors (Lipinski definition) is 2. The first-order valence-corrected chi connectivity index (χ1v) is 8.38. The summed E-state index contributed by atoms with van der Waals surface area (Å²) in [6.07, 6.45) is 1.11. The zero-order valence-electron chi connectivity index (χ0n) is 14.0. The third-order valence-corrected chi connectivity index (χ3v) is 3.76. The summed E-state index contributed by atoms with van der Waals surface area (Å²) in [7, 11) is 0. The molecule has 0 aromatic heterocycles. The van der Waals surface area contributed by atoms with Crippen LogP contribution >= 0.6 is 24.0 Å². The van der Waals surface area contributed by atoms with E-state index in [1.807, 2.05) is 37.3 Å². The number of halogens is 2. The molecule has 0 aliphatic heterocycles. The fourth-order valence-corrected chi connectivity index (χ4v) is 2.50. The Labute approximate surface area is 159 Å². The van der Waals surface area contributed by atoms with Crippen LogP contribution in [0.25, 0.3) is 0 Å². The summed E-state index contributed by atoms with van der Waals surface area (Å²) in [6.45, 7) is 2.00. The fourth-order valence-electron chi connectivity index (χ4n) is 2.43. The molecular formula is C19H22Cl2N2O2. The van der Waals surface area contributed by atoms with Gasteiger partial charge in [-0.3, -0.25) is 9.59 Å². The quantitative estimate of drug-likeness (QED) is 0.721. The first-order valence-electron chi connectivity index (χ1n) is 7.85. The minimum Gasteiger partial charge on any atom is -0.353 e. The number of anilines is 1. The third kappa shape index (κ3) is 7.59. The van der Waals surface area contributed by atoms with E-state index in [-0.39, 0.29) is 36.1 Å². The van der Waals surface area contributed by atoms with Crippen molar-refractivity contribution in [1.82, 2.24) is 5.32 Å². The van der Waals surface area contributed by atoms with Crippen LogP contribution in [0.5, 0.6) is 0 Å². The fraction of sp³-hybridized carbons (Fsp3) is 0.263. The molecule has 0 saturated carbocycles. The van der Waals surface area contributed by atoms with Crippen molar-refractivity contribution in [3.63, 3.8) is 0 Å². The van der Waals surface area contributed by atoms with Gasteiger partial charge in [0, 0.05) is 11.7 Å². The van der Waals surface area contributed by atoms with Crippen LogP contribution in [-0.2, 0) is 22.4 Å². The van der Waals surface area contributed by atoms with Crippen LogP contribution in [0.15, 0.2) is 54.6 Å². The zero-order chi connectivity index (χ0) is 17.4. The lowest BCUT2D eigenvalue weighted by Crippen LogP contribution is -2.35. The molecule has 0 aliphatic rings. The number of benzene rings is 2. The molecular weight excluding hydrogens is 359 g/mol. The number of carbonyl (C=O) groups is 2. The monoisotopic (exact) mass is 380 g/mol. The van der Waals surface area contributed by atoms with Crippen molar-refractivity contribution in [3.05, 3.63) is 65.7 Å². The highest BCUT2D eigenvalue weighted by molar-refractivity contribution is 6.29. The Morgan fingerprint density at radius 3 is 2.20 bits per heavy atom.